The molecule has 1 heterocycles. The first-order valence-electron chi connectivity index (χ1n) is 10.0. The van der Waals surface area contributed by atoms with Gasteiger partial charge in [0.05, 0.1) is 25.2 Å². The van der Waals surface area contributed by atoms with Crippen LogP contribution in [-0.2, 0) is 9.53 Å². The smallest absolute Gasteiger partial charge is 0.225 e. The number of carbonyl (C=O) groups excluding carboxylic acids is 1. The summed E-state index contributed by atoms with van der Waals surface area (Å²) in [6.45, 7) is 6.08. The number of aryl methyl sites for hydroxylation is 1. The van der Waals surface area contributed by atoms with E-state index < -0.39 is 0 Å². The molecule has 1 aliphatic heterocycles. The third kappa shape index (κ3) is 4.82. The zero-order valence-corrected chi connectivity index (χ0v) is 18.1. The molecule has 5 unspecified atom stereocenters. The second kappa shape index (κ2) is 10.3. The Bertz CT molecular complexity index is 652. The van der Waals surface area contributed by atoms with E-state index in [1.807, 2.05) is 0 Å². The van der Waals surface area contributed by atoms with Crippen LogP contribution in [-0.4, -0.2) is 49.7 Å². The van der Waals surface area contributed by atoms with E-state index in [2.05, 4.69) is 41.4 Å². The average Bonchev–Trinajstić information content (AvgIpc) is 3.24. The number of hydrogen-bond acceptors (Lipinski definition) is 4. The summed E-state index contributed by atoms with van der Waals surface area (Å²) in [5.74, 6) is 1.23. The van der Waals surface area contributed by atoms with Crippen molar-refractivity contribution in [3.05, 3.63) is 35.4 Å². The predicted octanol–water partition coefficient (Wildman–Crippen LogP) is 2.70. The Labute approximate surface area is 180 Å². The third-order valence-corrected chi connectivity index (χ3v) is 6.67. The molecule has 1 aromatic rings. The lowest BCUT2D eigenvalue weighted by atomic mass is 9.84. The van der Waals surface area contributed by atoms with E-state index in [0.717, 1.165) is 32.7 Å². The van der Waals surface area contributed by atoms with Gasteiger partial charge >= 0.3 is 0 Å². The van der Waals surface area contributed by atoms with Crippen LogP contribution >= 0.6 is 24.8 Å². The largest absolute Gasteiger partial charge is 0.379 e. The topological polar surface area (TPSA) is 67.6 Å². The summed E-state index contributed by atoms with van der Waals surface area (Å²) in [5.41, 5.74) is 8.88. The molecule has 0 radical (unpaired) electrons. The number of carbonyl (C=O) groups is 1. The molecule has 0 spiro atoms. The van der Waals surface area contributed by atoms with Gasteiger partial charge in [0.15, 0.2) is 0 Å². The Morgan fingerprint density at radius 1 is 1.25 bits per heavy atom. The lowest BCUT2D eigenvalue weighted by Gasteiger charge is -2.35. The van der Waals surface area contributed by atoms with Gasteiger partial charge in [-0.25, -0.2) is 0 Å². The lowest BCUT2D eigenvalue weighted by molar-refractivity contribution is -0.127. The van der Waals surface area contributed by atoms with Gasteiger partial charge in [0.2, 0.25) is 5.91 Å². The van der Waals surface area contributed by atoms with Crippen LogP contribution in [0.5, 0.6) is 0 Å². The Morgan fingerprint density at radius 2 is 1.96 bits per heavy atom. The number of hydrogen-bond donors (Lipinski definition) is 2. The molecule has 5 nitrogen and oxygen atoms in total. The molecular weight excluding hydrogens is 397 g/mol. The van der Waals surface area contributed by atoms with Gasteiger partial charge in [0.1, 0.15) is 0 Å². The molecule has 3 N–H and O–H groups in total. The standard InChI is InChI=1S/C21H31N3O2.2ClH/c1-14-3-2-4-15(11-14)18(24-7-9-26-10-8-24)13-23-21(25)19-16-5-6-17(12-16)20(19)22;;/h2-4,11,16-20H,5-10,12-13,22H2,1H3,(H,23,25);2*1H. The molecular formula is C21H33Cl2N3O2. The van der Waals surface area contributed by atoms with E-state index in [-0.39, 0.29) is 48.7 Å². The van der Waals surface area contributed by atoms with Crippen LogP contribution in [0.25, 0.3) is 0 Å². The van der Waals surface area contributed by atoms with Crippen molar-refractivity contribution in [1.82, 2.24) is 10.2 Å². The predicted molar refractivity (Wildman–Crippen MR) is 116 cm³/mol. The quantitative estimate of drug-likeness (QED) is 0.754. The van der Waals surface area contributed by atoms with E-state index in [9.17, 15) is 4.79 Å². The molecule has 7 heteroatoms. The summed E-state index contributed by atoms with van der Waals surface area (Å²) in [7, 11) is 0. The SMILES string of the molecule is Cc1cccc(C(CNC(=O)C2C3CCC(C3)C2N)N2CCOCC2)c1.Cl.Cl. The Morgan fingerprint density at radius 3 is 2.61 bits per heavy atom. The second-order valence-electron chi connectivity index (χ2n) is 8.26. The summed E-state index contributed by atoms with van der Waals surface area (Å²) in [6.07, 6.45) is 3.51. The number of nitrogens with two attached hydrogens (primary N) is 1. The second-order valence-corrected chi connectivity index (χ2v) is 8.26. The first-order chi connectivity index (χ1) is 12.6. The van der Waals surface area contributed by atoms with E-state index in [4.69, 9.17) is 10.5 Å². The number of nitrogens with zero attached hydrogens (tertiary/aromatic N) is 1. The summed E-state index contributed by atoms with van der Waals surface area (Å²) in [5, 5.41) is 3.25. The number of nitrogens with one attached hydrogen (secondary N) is 1. The molecule has 3 fully saturated rings. The fraction of sp³-hybridized carbons (Fsp3) is 0.667. The van der Waals surface area contributed by atoms with Crippen LogP contribution in [0.2, 0.25) is 0 Å². The third-order valence-electron chi connectivity index (χ3n) is 6.67. The zero-order valence-electron chi connectivity index (χ0n) is 16.5. The molecule has 2 aliphatic carbocycles. The fourth-order valence-electron chi connectivity index (χ4n) is 5.26. The van der Waals surface area contributed by atoms with Gasteiger partial charge in [-0.15, -0.1) is 24.8 Å². The highest BCUT2D eigenvalue weighted by atomic mass is 35.5. The van der Waals surface area contributed by atoms with Crippen molar-refractivity contribution in [2.75, 3.05) is 32.8 Å². The van der Waals surface area contributed by atoms with E-state index in [1.165, 1.54) is 24.0 Å². The van der Waals surface area contributed by atoms with Crippen molar-refractivity contribution in [3.8, 4) is 0 Å². The molecule has 1 aromatic carbocycles. The fourth-order valence-corrected chi connectivity index (χ4v) is 5.26. The minimum absolute atomic E-state index is 0. The van der Waals surface area contributed by atoms with Crippen molar-refractivity contribution >= 4 is 30.7 Å². The number of morpholine rings is 1. The number of amides is 1. The first-order valence-corrected chi connectivity index (χ1v) is 10.0. The van der Waals surface area contributed by atoms with Crippen LogP contribution in [0.3, 0.4) is 0 Å². The van der Waals surface area contributed by atoms with Crippen LogP contribution in [0.15, 0.2) is 24.3 Å². The maximum absolute atomic E-state index is 12.9. The van der Waals surface area contributed by atoms with Crippen molar-refractivity contribution in [3.63, 3.8) is 0 Å². The summed E-state index contributed by atoms with van der Waals surface area (Å²) >= 11 is 0. The van der Waals surface area contributed by atoms with Gasteiger partial charge in [-0.05, 0) is 43.6 Å². The van der Waals surface area contributed by atoms with Crippen LogP contribution < -0.4 is 11.1 Å². The van der Waals surface area contributed by atoms with Gasteiger partial charge in [-0.1, -0.05) is 29.8 Å². The van der Waals surface area contributed by atoms with Gasteiger partial charge in [-0.3, -0.25) is 9.69 Å². The van der Waals surface area contributed by atoms with Gasteiger partial charge < -0.3 is 15.8 Å². The maximum atomic E-state index is 12.9. The molecule has 0 aromatic heterocycles. The highest BCUT2D eigenvalue weighted by Crippen LogP contribution is 2.47. The van der Waals surface area contributed by atoms with Crippen molar-refractivity contribution in [2.45, 2.75) is 38.3 Å². The highest BCUT2D eigenvalue weighted by Gasteiger charge is 2.49. The molecule has 1 saturated heterocycles. The molecule has 2 bridgehead atoms. The molecule has 3 aliphatic rings. The van der Waals surface area contributed by atoms with E-state index in [0.29, 0.717) is 18.4 Å². The number of halogens is 2. The van der Waals surface area contributed by atoms with Crippen molar-refractivity contribution < 1.29 is 9.53 Å². The lowest BCUT2D eigenvalue weighted by Crippen LogP contribution is -2.48. The zero-order chi connectivity index (χ0) is 18.1. The van der Waals surface area contributed by atoms with Crippen LogP contribution in [0.1, 0.15) is 36.4 Å². The molecule has 4 rings (SSSR count). The Balaban J connectivity index is 0.00000140. The molecule has 158 valence electrons. The van der Waals surface area contributed by atoms with Crippen LogP contribution in [0.4, 0.5) is 0 Å². The summed E-state index contributed by atoms with van der Waals surface area (Å²) in [6, 6.07) is 8.86. The minimum atomic E-state index is 0. The normalized spacial score (nSPS) is 30.2. The molecule has 1 amide bonds. The monoisotopic (exact) mass is 429 g/mol. The van der Waals surface area contributed by atoms with Crippen molar-refractivity contribution in [1.29, 1.82) is 0 Å². The van der Waals surface area contributed by atoms with E-state index in [1.54, 1.807) is 0 Å². The molecule has 5 atom stereocenters. The Kier molecular flexibility index (Phi) is 8.59. The summed E-state index contributed by atoms with van der Waals surface area (Å²) in [4.78, 5) is 15.3. The van der Waals surface area contributed by atoms with E-state index >= 15 is 0 Å². The Hall–Kier alpha value is -0.850. The minimum Gasteiger partial charge on any atom is -0.379 e. The number of benzene rings is 1. The number of fused-ring (bicyclic) bond motifs is 2. The number of rotatable bonds is 5. The van der Waals surface area contributed by atoms with Crippen LogP contribution in [0, 0.1) is 24.7 Å². The number of ether oxygens (including phenoxy) is 1. The van der Waals surface area contributed by atoms with Gasteiger partial charge in [0, 0.05) is 25.7 Å². The maximum Gasteiger partial charge on any atom is 0.225 e. The first kappa shape index (κ1) is 23.4. The summed E-state index contributed by atoms with van der Waals surface area (Å²) < 4.78 is 5.52. The molecule has 2 saturated carbocycles. The van der Waals surface area contributed by atoms with Gasteiger partial charge in [0.25, 0.3) is 0 Å². The highest BCUT2D eigenvalue weighted by molar-refractivity contribution is 5.85. The average molecular weight is 430 g/mol. The van der Waals surface area contributed by atoms with Crippen molar-refractivity contribution in [2.24, 2.45) is 23.5 Å². The van der Waals surface area contributed by atoms with Gasteiger partial charge in [-0.2, -0.15) is 0 Å². The molecule has 28 heavy (non-hydrogen) atoms.